The summed E-state index contributed by atoms with van der Waals surface area (Å²) in [5.41, 5.74) is 2.03. The summed E-state index contributed by atoms with van der Waals surface area (Å²) in [5.74, 6) is 2.07. The van der Waals surface area contributed by atoms with Gasteiger partial charge in [-0.05, 0) is 61.2 Å². The van der Waals surface area contributed by atoms with Crippen LogP contribution in [0.15, 0.2) is 12.2 Å². The van der Waals surface area contributed by atoms with Gasteiger partial charge < -0.3 is 18.9 Å². The van der Waals surface area contributed by atoms with Crippen LogP contribution in [-0.2, 0) is 18.9 Å². The van der Waals surface area contributed by atoms with Crippen LogP contribution in [0.5, 0.6) is 0 Å². The Morgan fingerprint density at radius 2 is 1.50 bits per heavy atom. The van der Waals surface area contributed by atoms with Crippen LogP contribution >= 0.6 is 0 Å². The van der Waals surface area contributed by atoms with Crippen LogP contribution < -0.4 is 0 Å². The maximum absolute atomic E-state index is 6.30. The second kappa shape index (κ2) is 5.84. The fraction of sp³-hybridized carbons (Fsp3) is 0.917. The first kappa shape index (κ1) is 18.4. The van der Waals surface area contributed by atoms with E-state index in [0.29, 0.717) is 23.2 Å². The standard InChI is InChI=1S/C24H36O4/c1-16-14-17-15-23(25-10-11-26-23)9-8-21(17,2)18-4-6-22(3)19(20(16)18)5-7-24(22)27-12-13-28-24/h17-20H,1,4-15H2,2-3H3/t17?,18?,19?,20?,21-,22-/m0/s1. The fourth-order valence-corrected chi connectivity index (χ4v) is 8.72. The van der Waals surface area contributed by atoms with Gasteiger partial charge >= 0.3 is 0 Å². The van der Waals surface area contributed by atoms with Crippen LogP contribution in [0, 0.1) is 34.5 Å². The molecule has 2 spiro atoms. The monoisotopic (exact) mass is 388 g/mol. The molecule has 4 nitrogen and oxygen atoms in total. The lowest BCUT2D eigenvalue weighted by atomic mass is 9.43. The highest BCUT2D eigenvalue weighted by atomic mass is 16.7. The van der Waals surface area contributed by atoms with Gasteiger partial charge in [0.15, 0.2) is 11.6 Å². The molecule has 2 heterocycles. The highest BCUT2D eigenvalue weighted by Crippen LogP contribution is 2.71. The molecule has 6 rings (SSSR count). The van der Waals surface area contributed by atoms with Gasteiger partial charge in [0.25, 0.3) is 0 Å². The Kier molecular flexibility index (Phi) is 3.83. The van der Waals surface area contributed by atoms with E-state index >= 15 is 0 Å². The molecule has 0 bridgehead atoms. The van der Waals surface area contributed by atoms with Crippen molar-refractivity contribution in [3.8, 4) is 0 Å². The molecular formula is C24H36O4. The summed E-state index contributed by atoms with van der Waals surface area (Å²) < 4.78 is 24.8. The number of ether oxygens (including phenoxy) is 4. The number of fused-ring (bicyclic) bond motifs is 6. The van der Waals surface area contributed by atoms with E-state index in [0.717, 1.165) is 58.0 Å². The first-order valence-corrected chi connectivity index (χ1v) is 11.7. The van der Waals surface area contributed by atoms with Gasteiger partial charge in [-0.25, -0.2) is 0 Å². The van der Waals surface area contributed by atoms with E-state index in [9.17, 15) is 0 Å². The Balaban J connectivity index is 1.32. The molecule has 0 radical (unpaired) electrons. The zero-order valence-electron chi connectivity index (χ0n) is 17.6. The average molecular weight is 389 g/mol. The first-order chi connectivity index (χ1) is 13.4. The molecule has 0 aromatic carbocycles. The van der Waals surface area contributed by atoms with Crippen molar-refractivity contribution in [1.29, 1.82) is 0 Å². The van der Waals surface area contributed by atoms with Gasteiger partial charge in [0, 0.05) is 24.7 Å². The molecule has 6 aliphatic rings. The number of hydrogen-bond acceptors (Lipinski definition) is 4. The van der Waals surface area contributed by atoms with E-state index in [-0.39, 0.29) is 17.0 Å². The van der Waals surface area contributed by atoms with Gasteiger partial charge in [-0.3, -0.25) is 0 Å². The number of hydrogen-bond donors (Lipinski definition) is 0. The minimum absolute atomic E-state index is 0.143. The molecule has 28 heavy (non-hydrogen) atoms. The Hall–Kier alpha value is -0.420. The van der Waals surface area contributed by atoms with Crippen LogP contribution in [0.3, 0.4) is 0 Å². The SMILES string of the molecule is C=C1CC2CC3(CC[C@]2(C)C2CC[C@@]4(C)C(CCC45OCCO5)C12)OCCO3. The molecule has 0 aromatic heterocycles. The summed E-state index contributed by atoms with van der Waals surface area (Å²) in [6, 6.07) is 0. The third-order valence-corrected chi connectivity index (χ3v) is 10.2. The summed E-state index contributed by atoms with van der Waals surface area (Å²) in [6.07, 6.45) is 9.31. The quantitative estimate of drug-likeness (QED) is 0.565. The van der Waals surface area contributed by atoms with Crippen LogP contribution in [0.2, 0.25) is 0 Å². The number of allylic oxidation sites excluding steroid dienone is 1. The van der Waals surface area contributed by atoms with Crippen molar-refractivity contribution in [1.82, 2.24) is 0 Å². The van der Waals surface area contributed by atoms with E-state index in [1.165, 1.54) is 31.3 Å². The van der Waals surface area contributed by atoms with E-state index < -0.39 is 0 Å². The summed E-state index contributed by atoms with van der Waals surface area (Å²) in [7, 11) is 0. The molecule has 4 heteroatoms. The second-order valence-corrected chi connectivity index (χ2v) is 11.1. The normalized spacial score (nSPS) is 51.3. The summed E-state index contributed by atoms with van der Waals surface area (Å²) in [4.78, 5) is 0. The van der Waals surface area contributed by atoms with Crippen molar-refractivity contribution in [2.45, 2.75) is 76.8 Å². The van der Waals surface area contributed by atoms with Gasteiger partial charge in [0.2, 0.25) is 0 Å². The van der Waals surface area contributed by atoms with Gasteiger partial charge in [-0.1, -0.05) is 26.0 Å². The van der Waals surface area contributed by atoms with Gasteiger partial charge in [-0.2, -0.15) is 0 Å². The Labute approximate surface area is 169 Å². The van der Waals surface area contributed by atoms with Gasteiger partial charge in [-0.15, -0.1) is 0 Å². The fourth-order valence-electron chi connectivity index (χ4n) is 8.72. The van der Waals surface area contributed by atoms with Crippen LogP contribution in [0.4, 0.5) is 0 Å². The molecule has 6 fully saturated rings. The lowest BCUT2D eigenvalue weighted by molar-refractivity contribution is -0.252. The zero-order valence-corrected chi connectivity index (χ0v) is 17.6. The third-order valence-electron chi connectivity index (χ3n) is 10.2. The molecule has 0 amide bonds. The molecule has 4 saturated carbocycles. The largest absolute Gasteiger partial charge is 0.348 e. The van der Waals surface area contributed by atoms with E-state index in [4.69, 9.17) is 18.9 Å². The Bertz CT molecular complexity index is 676. The van der Waals surface area contributed by atoms with Crippen molar-refractivity contribution >= 4 is 0 Å². The zero-order chi connectivity index (χ0) is 19.2. The molecular weight excluding hydrogens is 352 g/mol. The first-order valence-electron chi connectivity index (χ1n) is 11.7. The molecule has 0 N–H and O–H groups in total. The van der Waals surface area contributed by atoms with Crippen molar-refractivity contribution in [2.24, 2.45) is 34.5 Å². The predicted molar refractivity (Wildman–Crippen MR) is 106 cm³/mol. The van der Waals surface area contributed by atoms with Crippen molar-refractivity contribution in [3.63, 3.8) is 0 Å². The second-order valence-electron chi connectivity index (χ2n) is 11.1. The molecule has 4 unspecified atom stereocenters. The lowest BCUT2D eigenvalue weighted by Gasteiger charge is -2.62. The predicted octanol–water partition coefficient (Wildman–Crippen LogP) is 4.68. The van der Waals surface area contributed by atoms with Gasteiger partial charge in [0.05, 0.1) is 26.4 Å². The van der Waals surface area contributed by atoms with Crippen molar-refractivity contribution < 1.29 is 18.9 Å². The molecule has 156 valence electrons. The summed E-state index contributed by atoms with van der Waals surface area (Å²) in [5, 5.41) is 0. The van der Waals surface area contributed by atoms with E-state index in [1.54, 1.807) is 0 Å². The minimum Gasteiger partial charge on any atom is -0.348 e. The highest BCUT2D eigenvalue weighted by molar-refractivity contribution is 5.23. The van der Waals surface area contributed by atoms with Gasteiger partial charge in [0.1, 0.15) is 0 Å². The third kappa shape index (κ3) is 2.16. The number of rotatable bonds is 0. The molecule has 2 saturated heterocycles. The smallest absolute Gasteiger partial charge is 0.174 e. The maximum Gasteiger partial charge on any atom is 0.174 e. The average Bonchev–Trinajstić information content (AvgIpc) is 3.39. The molecule has 4 aliphatic carbocycles. The Morgan fingerprint density at radius 1 is 0.821 bits per heavy atom. The summed E-state index contributed by atoms with van der Waals surface area (Å²) in [6.45, 7) is 12.8. The molecule has 0 aromatic rings. The molecule has 2 aliphatic heterocycles. The van der Waals surface area contributed by atoms with Crippen LogP contribution in [0.25, 0.3) is 0 Å². The van der Waals surface area contributed by atoms with E-state index in [1.807, 2.05) is 0 Å². The Morgan fingerprint density at radius 3 is 2.25 bits per heavy atom. The summed E-state index contributed by atoms with van der Waals surface area (Å²) >= 11 is 0. The molecule has 6 atom stereocenters. The van der Waals surface area contributed by atoms with Crippen molar-refractivity contribution in [2.75, 3.05) is 26.4 Å². The topological polar surface area (TPSA) is 36.9 Å². The van der Waals surface area contributed by atoms with Crippen molar-refractivity contribution in [3.05, 3.63) is 12.2 Å². The lowest BCUT2D eigenvalue weighted by Crippen LogP contribution is -2.58. The van der Waals surface area contributed by atoms with E-state index in [2.05, 4.69) is 20.4 Å². The highest BCUT2D eigenvalue weighted by Gasteiger charge is 2.68. The maximum atomic E-state index is 6.30. The van der Waals surface area contributed by atoms with Crippen LogP contribution in [0.1, 0.15) is 65.2 Å². The van der Waals surface area contributed by atoms with Crippen LogP contribution in [-0.4, -0.2) is 38.0 Å². The minimum atomic E-state index is -0.317.